The van der Waals surface area contributed by atoms with E-state index >= 15 is 0 Å². The molecule has 0 amide bonds. The van der Waals surface area contributed by atoms with Gasteiger partial charge in [-0.25, -0.2) is 0 Å². The van der Waals surface area contributed by atoms with Gasteiger partial charge in [0.2, 0.25) is 5.95 Å². The Morgan fingerprint density at radius 3 is 2.57 bits per heavy atom. The number of hydrogen-bond donors (Lipinski definition) is 0. The largest absolute Gasteiger partial charge is 0.336 e. The SMILES string of the molecule is CC(C)n1cc2c(n1)CCN(c1nnc(Cn3nccn3)n1-c1ccc(Cl)cc1)C2. The first-order valence-electron chi connectivity index (χ1n) is 9.94. The predicted molar refractivity (Wildman–Crippen MR) is 113 cm³/mol. The Labute approximate surface area is 178 Å². The lowest BCUT2D eigenvalue weighted by Gasteiger charge is -2.27. The predicted octanol–water partition coefficient (Wildman–Crippen LogP) is 2.90. The first kappa shape index (κ1) is 18.8. The topological polar surface area (TPSA) is 82.5 Å². The van der Waals surface area contributed by atoms with E-state index < -0.39 is 0 Å². The molecule has 0 N–H and O–H groups in total. The lowest BCUT2D eigenvalue weighted by atomic mass is 10.1. The van der Waals surface area contributed by atoms with Crippen molar-refractivity contribution in [3.8, 4) is 5.69 Å². The van der Waals surface area contributed by atoms with E-state index in [4.69, 9.17) is 16.7 Å². The third-order valence-corrected chi connectivity index (χ3v) is 5.49. The van der Waals surface area contributed by atoms with E-state index in [0.717, 1.165) is 37.0 Å². The molecule has 0 unspecified atom stereocenters. The molecule has 0 saturated carbocycles. The zero-order valence-corrected chi connectivity index (χ0v) is 17.6. The number of nitrogens with zero attached hydrogens (tertiary/aromatic N) is 9. The Bertz CT molecular complexity index is 1140. The van der Waals surface area contributed by atoms with Crippen molar-refractivity contribution >= 4 is 17.5 Å². The van der Waals surface area contributed by atoms with Crippen LogP contribution < -0.4 is 4.90 Å². The highest BCUT2D eigenvalue weighted by molar-refractivity contribution is 6.30. The fourth-order valence-corrected chi connectivity index (χ4v) is 3.82. The average molecular weight is 424 g/mol. The van der Waals surface area contributed by atoms with Crippen molar-refractivity contribution in [2.75, 3.05) is 11.4 Å². The summed E-state index contributed by atoms with van der Waals surface area (Å²) in [5.74, 6) is 1.55. The molecule has 30 heavy (non-hydrogen) atoms. The van der Waals surface area contributed by atoms with Crippen molar-refractivity contribution in [1.29, 1.82) is 0 Å². The number of anilines is 1. The normalized spacial score (nSPS) is 13.8. The maximum absolute atomic E-state index is 6.12. The summed E-state index contributed by atoms with van der Waals surface area (Å²) in [6.45, 7) is 6.28. The van der Waals surface area contributed by atoms with Crippen LogP contribution in [0.2, 0.25) is 5.02 Å². The summed E-state index contributed by atoms with van der Waals surface area (Å²) in [4.78, 5) is 3.84. The summed E-state index contributed by atoms with van der Waals surface area (Å²) < 4.78 is 4.09. The molecule has 1 aliphatic heterocycles. The van der Waals surface area contributed by atoms with E-state index in [9.17, 15) is 0 Å². The van der Waals surface area contributed by atoms with Gasteiger partial charge in [-0.1, -0.05) is 11.6 Å². The summed E-state index contributed by atoms with van der Waals surface area (Å²) >= 11 is 6.12. The lowest BCUT2D eigenvalue weighted by molar-refractivity contribution is 0.526. The fraction of sp³-hybridized carbons (Fsp3) is 0.350. The van der Waals surface area contributed by atoms with Gasteiger partial charge in [-0.2, -0.15) is 20.1 Å². The number of fused-ring (bicyclic) bond motifs is 1. The van der Waals surface area contributed by atoms with Gasteiger partial charge in [0.25, 0.3) is 0 Å². The molecule has 1 aliphatic rings. The van der Waals surface area contributed by atoms with Crippen molar-refractivity contribution in [3.05, 3.63) is 65.0 Å². The molecule has 0 saturated heterocycles. The summed E-state index contributed by atoms with van der Waals surface area (Å²) in [7, 11) is 0. The van der Waals surface area contributed by atoms with Crippen LogP contribution in [0.5, 0.6) is 0 Å². The standard InChI is InChI=1S/C20H22ClN9/c1-14(2)28-12-15-11-27(10-7-18(15)26-28)20-25-24-19(13-29-22-8-9-23-29)30(20)17-5-3-16(21)4-6-17/h3-6,8-9,12,14H,7,10-11,13H2,1-2H3. The van der Waals surface area contributed by atoms with E-state index in [2.05, 4.69) is 49.9 Å². The van der Waals surface area contributed by atoms with Crippen LogP contribution in [0.4, 0.5) is 5.95 Å². The van der Waals surface area contributed by atoms with Gasteiger partial charge in [-0.05, 0) is 38.1 Å². The van der Waals surface area contributed by atoms with Gasteiger partial charge in [0, 0.05) is 42.3 Å². The second kappa shape index (κ2) is 7.56. The van der Waals surface area contributed by atoms with Crippen molar-refractivity contribution in [2.24, 2.45) is 0 Å². The van der Waals surface area contributed by atoms with Crippen LogP contribution in [0.1, 0.15) is 37.0 Å². The molecule has 9 nitrogen and oxygen atoms in total. The van der Waals surface area contributed by atoms with Gasteiger partial charge in [0.05, 0.1) is 23.8 Å². The minimum atomic E-state index is 0.343. The third kappa shape index (κ3) is 3.45. The molecule has 154 valence electrons. The van der Waals surface area contributed by atoms with Crippen LogP contribution in [-0.2, 0) is 19.5 Å². The Kier molecular flexibility index (Phi) is 4.74. The molecular formula is C20H22ClN9. The van der Waals surface area contributed by atoms with Crippen molar-refractivity contribution in [3.63, 3.8) is 0 Å². The van der Waals surface area contributed by atoms with Gasteiger partial charge in [0.1, 0.15) is 6.54 Å². The molecule has 4 heterocycles. The smallest absolute Gasteiger partial charge is 0.232 e. The Hall–Kier alpha value is -3.20. The Balaban J connectivity index is 1.53. The summed E-state index contributed by atoms with van der Waals surface area (Å²) in [6.07, 6.45) is 6.33. The molecule has 10 heteroatoms. The number of benzene rings is 1. The maximum Gasteiger partial charge on any atom is 0.232 e. The van der Waals surface area contributed by atoms with Crippen LogP contribution in [0.15, 0.2) is 42.9 Å². The van der Waals surface area contributed by atoms with E-state index in [1.54, 1.807) is 17.2 Å². The molecule has 5 rings (SSSR count). The highest BCUT2D eigenvalue weighted by atomic mass is 35.5. The Morgan fingerprint density at radius 2 is 1.83 bits per heavy atom. The second-order valence-corrected chi connectivity index (χ2v) is 8.07. The van der Waals surface area contributed by atoms with E-state index in [0.29, 0.717) is 17.6 Å². The van der Waals surface area contributed by atoms with Gasteiger partial charge in [-0.3, -0.25) is 9.25 Å². The highest BCUT2D eigenvalue weighted by Crippen LogP contribution is 2.27. The quantitative estimate of drug-likeness (QED) is 0.491. The molecule has 1 aromatic carbocycles. The van der Waals surface area contributed by atoms with Crippen molar-refractivity contribution < 1.29 is 0 Å². The summed E-state index contributed by atoms with van der Waals surface area (Å²) in [5, 5.41) is 22.9. The molecule has 0 bridgehead atoms. The molecule has 0 aliphatic carbocycles. The van der Waals surface area contributed by atoms with E-state index in [1.807, 2.05) is 28.9 Å². The van der Waals surface area contributed by atoms with Gasteiger partial charge in [-0.15, -0.1) is 10.2 Å². The summed E-state index contributed by atoms with van der Waals surface area (Å²) in [5.41, 5.74) is 3.35. The molecule has 0 atom stereocenters. The van der Waals surface area contributed by atoms with E-state index in [-0.39, 0.29) is 0 Å². The Morgan fingerprint density at radius 1 is 1.07 bits per heavy atom. The number of hydrogen-bond acceptors (Lipinski definition) is 6. The molecule has 3 aromatic heterocycles. The molecule has 4 aromatic rings. The van der Waals surface area contributed by atoms with Crippen molar-refractivity contribution in [2.45, 2.75) is 39.4 Å². The first-order chi connectivity index (χ1) is 14.6. The minimum Gasteiger partial charge on any atom is -0.336 e. The van der Waals surface area contributed by atoms with Crippen LogP contribution >= 0.6 is 11.6 Å². The maximum atomic E-state index is 6.12. The molecule has 0 spiro atoms. The van der Waals surface area contributed by atoms with Gasteiger partial charge >= 0.3 is 0 Å². The van der Waals surface area contributed by atoms with Crippen LogP contribution in [0.25, 0.3) is 5.69 Å². The monoisotopic (exact) mass is 423 g/mol. The lowest BCUT2D eigenvalue weighted by Crippen LogP contribution is -2.32. The number of aromatic nitrogens is 8. The highest BCUT2D eigenvalue weighted by Gasteiger charge is 2.26. The van der Waals surface area contributed by atoms with Crippen LogP contribution in [0.3, 0.4) is 0 Å². The van der Waals surface area contributed by atoms with E-state index in [1.165, 1.54) is 11.3 Å². The number of rotatable bonds is 5. The van der Waals surface area contributed by atoms with Crippen LogP contribution in [0, 0.1) is 0 Å². The van der Waals surface area contributed by atoms with Crippen molar-refractivity contribution in [1.82, 2.24) is 39.5 Å². The van der Waals surface area contributed by atoms with Gasteiger partial charge < -0.3 is 4.90 Å². The summed E-state index contributed by atoms with van der Waals surface area (Å²) in [6, 6.07) is 8.03. The van der Waals surface area contributed by atoms with Gasteiger partial charge in [0.15, 0.2) is 5.82 Å². The fourth-order valence-electron chi connectivity index (χ4n) is 3.69. The molecule has 0 radical (unpaired) electrons. The molecular weight excluding hydrogens is 402 g/mol. The first-order valence-corrected chi connectivity index (χ1v) is 10.3. The third-order valence-electron chi connectivity index (χ3n) is 5.23. The zero-order valence-electron chi connectivity index (χ0n) is 16.9. The second-order valence-electron chi connectivity index (χ2n) is 7.63. The minimum absolute atomic E-state index is 0.343. The average Bonchev–Trinajstić information content (AvgIpc) is 3.48. The number of halogens is 1. The zero-order chi connectivity index (χ0) is 20.7. The molecule has 0 fully saturated rings. The van der Waals surface area contributed by atoms with Crippen LogP contribution in [-0.4, -0.2) is 46.1 Å².